The minimum absolute atomic E-state index is 0.0470. The molecule has 1 atom stereocenters. The minimum Gasteiger partial charge on any atom is -0.377 e. The highest BCUT2D eigenvalue weighted by molar-refractivity contribution is 6.30. The second-order valence-corrected chi connectivity index (χ2v) is 6.94. The van der Waals surface area contributed by atoms with Crippen LogP contribution in [0.1, 0.15) is 24.5 Å². The van der Waals surface area contributed by atoms with E-state index in [-0.39, 0.29) is 24.2 Å². The molecule has 5 nitrogen and oxygen atoms in total. The van der Waals surface area contributed by atoms with Crippen LogP contribution in [0.15, 0.2) is 48.5 Å². The molecule has 2 aromatic rings. The summed E-state index contributed by atoms with van der Waals surface area (Å²) in [5.74, 6) is -0.507. The number of nitrogens with zero attached hydrogens (tertiary/aromatic N) is 1. The van der Waals surface area contributed by atoms with E-state index in [2.05, 4.69) is 5.32 Å². The highest BCUT2D eigenvalue weighted by Crippen LogP contribution is 2.26. The minimum atomic E-state index is -0.354. The summed E-state index contributed by atoms with van der Waals surface area (Å²) in [5.41, 5.74) is 2.85. The molecular weight excluding hydrogens is 364 g/mol. The van der Waals surface area contributed by atoms with Crippen molar-refractivity contribution in [2.24, 2.45) is 5.92 Å². The number of benzene rings is 2. The lowest BCUT2D eigenvalue weighted by atomic mass is 10.1. The van der Waals surface area contributed by atoms with Crippen LogP contribution in [0, 0.1) is 5.92 Å². The van der Waals surface area contributed by atoms with E-state index in [0.29, 0.717) is 31.3 Å². The summed E-state index contributed by atoms with van der Waals surface area (Å²) in [7, 11) is 0. The van der Waals surface area contributed by atoms with Crippen LogP contribution in [0.5, 0.6) is 0 Å². The molecule has 1 aliphatic rings. The quantitative estimate of drug-likeness (QED) is 0.791. The fourth-order valence-electron chi connectivity index (χ4n) is 3.16. The molecule has 1 heterocycles. The van der Waals surface area contributed by atoms with Gasteiger partial charge in [0, 0.05) is 36.8 Å². The van der Waals surface area contributed by atoms with Crippen molar-refractivity contribution in [1.29, 1.82) is 0 Å². The number of carbonyl (C=O) groups excluding carboxylic acids is 2. The Labute approximate surface area is 164 Å². The fourth-order valence-corrected chi connectivity index (χ4v) is 3.29. The Balaban J connectivity index is 1.59. The molecule has 1 unspecified atom stereocenters. The number of carbonyl (C=O) groups is 2. The first-order valence-electron chi connectivity index (χ1n) is 9.06. The average Bonchev–Trinajstić information content (AvgIpc) is 3.07. The highest BCUT2D eigenvalue weighted by Gasteiger charge is 2.35. The molecule has 1 saturated heterocycles. The van der Waals surface area contributed by atoms with E-state index in [1.807, 2.05) is 31.2 Å². The summed E-state index contributed by atoms with van der Waals surface area (Å²) >= 11 is 5.90. The molecule has 3 rings (SSSR count). The van der Waals surface area contributed by atoms with E-state index in [1.165, 1.54) is 0 Å². The molecule has 2 amide bonds. The normalized spacial score (nSPS) is 16.6. The summed E-state index contributed by atoms with van der Waals surface area (Å²) in [6.07, 6.45) is 0.217. The third-order valence-corrected chi connectivity index (χ3v) is 4.92. The average molecular weight is 387 g/mol. The summed E-state index contributed by atoms with van der Waals surface area (Å²) in [5, 5.41) is 3.58. The molecule has 0 saturated carbocycles. The Morgan fingerprint density at radius 3 is 2.59 bits per heavy atom. The van der Waals surface area contributed by atoms with Crippen LogP contribution in [0.25, 0.3) is 0 Å². The number of nitrogens with one attached hydrogen (secondary N) is 1. The maximum atomic E-state index is 12.6. The van der Waals surface area contributed by atoms with E-state index in [0.717, 1.165) is 16.8 Å². The van der Waals surface area contributed by atoms with Gasteiger partial charge >= 0.3 is 0 Å². The zero-order valence-electron chi connectivity index (χ0n) is 15.3. The number of hydrogen-bond donors (Lipinski definition) is 1. The first kappa shape index (κ1) is 19.4. The van der Waals surface area contributed by atoms with Crippen LogP contribution >= 0.6 is 11.6 Å². The lowest BCUT2D eigenvalue weighted by Gasteiger charge is -2.17. The molecule has 0 bridgehead atoms. The molecule has 0 radical (unpaired) electrons. The van der Waals surface area contributed by atoms with E-state index in [4.69, 9.17) is 16.3 Å². The van der Waals surface area contributed by atoms with Crippen LogP contribution in [-0.2, 0) is 27.5 Å². The Kier molecular flexibility index (Phi) is 6.48. The van der Waals surface area contributed by atoms with E-state index < -0.39 is 0 Å². The van der Waals surface area contributed by atoms with Gasteiger partial charge in [-0.3, -0.25) is 9.59 Å². The number of anilines is 1. The second-order valence-electron chi connectivity index (χ2n) is 6.51. The molecule has 0 spiro atoms. The largest absolute Gasteiger partial charge is 0.377 e. The van der Waals surface area contributed by atoms with Gasteiger partial charge < -0.3 is 15.0 Å². The molecule has 1 aliphatic heterocycles. The Morgan fingerprint density at radius 2 is 1.89 bits per heavy atom. The van der Waals surface area contributed by atoms with Crippen molar-refractivity contribution in [2.75, 3.05) is 18.1 Å². The number of amides is 2. The molecule has 1 N–H and O–H groups in total. The molecule has 2 aromatic carbocycles. The summed E-state index contributed by atoms with van der Waals surface area (Å²) in [6.45, 7) is 3.93. The molecule has 142 valence electrons. The van der Waals surface area contributed by atoms with Crippen LogP contribution in [0.3, 0.4) is 0 Å². The maximum Gasteiger partial charge on any atom is 0.227 e. The van der Waals surface area contributed by atoms with Crippen LogP contribution in [0.4, 0.5) is 5.69 Å². The first-order valence-corrected chi connectivity index (χ1v) is 9.44. The lowest BCUT2D eigenvalue weighted by Crippen LogP contribution is -2.32. The molecule has 0 aromatic heterocycles. The topological polar surface area (TPSA) is 58.6 Å². The van der Waals surface area contributed by atoms with Crippen LogP contribution < -0.4 is 10.2 Å². The van der Waals surface area contributed by atoms with Crippen molar-refractivity contribution in [3.63, 3.8) is 0 Å². The third-order valence-electron chi connectivity index (χ3n) is 4.67. The van der Waals surface area contributed by atoms with Gasteiger partial charge in [-0.1, -0.05) is 35.9 Å². The van der Waals surface area contributed by atoms with Gasteiger partial charge in [-0.25, -0.2) is 0 Å². The number of halogens is 1. The van der Waals surface area contributed by atoms with Crippen molar-refractivity contribution < 1.29 is 14.3 Å². The van der Waals surface area contributed by atoms with Crippen molar-refractivity contribution in [3.05, 3.63) is 64.7 Å². The number of hydrogen-bond acceptors (Lipinski definition) is 3. The van der Waals surface area contributed by atoms with Crippen LogP contribution in [-0.4, -0.2) is 25.0 Å². The van der Waals surface area contributed by atoms with Crippen molar-refractivity contribution in [2.45, 2.75) is 26.5 Å². The second kappa shape index (κ2) is 9.02. The van der Waals surface area contributed by atoms with Crippen molar-refractivity contribution in [3.8, 4) is 0 Å². The molecule has 27 heavy (non-hydrogen) atoms. The van der Waals surface area contributed by atoms with E-state index in [1.54, 1.807) is 29.2 Å². The van der Waals surface area contributed by atoms with Crippen molar-refractivity contribution in [1.82, 2.24) is 5.32 Å². The van der Waals surface area contributed by atoms with Crippen LogP contribution in [0.2, 0.25) is 5.02 Å². The summed E-state index contributed by atoms with van der Waals surface area (Å²) in [4.78, 5) is 26.5. The maximum absolute atomic E-state index is 12.6. The molecule has 6 heteroatoms. The molecule has 0 aliphatic carbocycles. The summed E-state index contributed by atoms with van der Waals surface area (Å²) in [6, 6.07) is 15.0. The van der Waals surface area contributed by atoms with Gasteiger partial charge in [0.15, 0.2) is 0 Å². The standard InChI is InChI=1S/C21H23ClN2O3/c1-2-27-14-16-6-4-3-5-15(16)12-23-21(26)17-11-20(25)24(13-17)19-9-7-18(22)8-10-19/h3-10,17H,2,11-14H2,1H3,(H,23,26). The zero-order chi connectivity index (χ0) is 19.2. The molecular formula is C21H23ClN2O3. The van der Waals surface area contributed by atoms with Crippen molar-refractivity contribution >= 4 is 29.1 Å². The highest BCUT2D eigenvalue weighted by atomic mass is 35.5. The van der Waals surface area contributed by atoms with Gasteiger partial charge in [0.2, 0.25) is 11.8 Å². The summed E-state index contributed by atoms with van der Waals surface area (Å²) < 4.78 is 5.48. The van der Waals surface area contributed by atoms with Gasteiger partial charge in [-0.05, 0) is 42.3 Å². The molecule has 1 fully saturated rings. The van der Waals surface area contributed by atoms with Gasteiger partial charge in [0.1, 0.15) is 0 Å². The zero-order valence-corrected chi connectivity index (χ0v) is 16.0. The smallest absolute Gasteiger partial charge is 0.227 e. The number of rotatable bonds is 7. The Hall–Kier alpha value is -2.37. The SMILES string of the molecule is CCOCc1ccccc1CNC(=O)C1CC(=O)N(c2ccc(Cl)cc2)C1. The van der Waals surface area contributed by atoms with Gasteiger partial charge in [-0.2, -0.15) is 0 Å². The van der Waals surface area contributed by atoms with Gasteiger partial charge in [0.05, 0.1) is 12.5 Å². The lowest BCUT2D eigenvalue weighted by molar-refractivity contribution is -0.126. The fraction of sp³-hybridized carbons (Fsp3) is 0.333. The van der Waals surface area contributed by atoms with Gasteiger partial charge in [-0.15, -0.1) is 0 Å². The predicted molar refractivity (Wildman–Crippen MR) is 106 cm³/mol. The number of ether oxygens (including phenoxy) is 1. The van der Waals surface area contributed by atoms with Gasteiger partial charge in [0.25, 0.3) is 0 Å². The van der Waals surface area contributed by atoms with E-state index in [9.17, 15) is 9.59 Å². The third kappa shape index (κ3) is 4.87. The Bertz CT molecular complexity index is 807. The monoisotopic (exact) mass is 386 g/mol. The predicted octanol–water partition coefficient (Wildman–Crippen LogP) is 3.55. The first-order chi connectivity index (χ1) is 13.1. The Morgan fingerprint density at radius 1 is 1.19 bits per heavy atom. The van der Waals surface area contributed by atoms with E-state index >= 15 is 0 Å².